The van der Waals surface area contributed by atoms with Crippen LogP contribution in [-0.2, 0) is 6.54 Å². The van der Waals surface area contributed by atoms with E-state index in [4.69, 9.17) is 0 Å². The second-order valence-corrected chi connectivity index (χ2v) is 9.32. The smallest absolute Gasteiger partial charge is 0.266 e. The van der Waals surface area contributed by atoms with E-state index < -0.39 is 17.8 Å². The Kier molecular flexibility index (Phi) is 5.92. The number of halogens is 3. The summed E-state index contributed by atoms with van der Waals surface area (Å²) in [7, 11) is -0.330. The zero-order valence-electron chi connectivity index (χ0n) is 15.9. The lowest BCUT2D eigenvalue weighted by Crippen LogP contribution is -2.30. The van der Waals surface area contributed by atoms with Crippen molar-refractivity contribution in [2.45, 2.75) is 19.9 Å². The highest BCUT2D eigenvalue weighted by Crippen LogP contribution is 2.35. The quantitative estimate of drug-likeness (QED) is 0.617. The van der Waals surface area contributed by atoms with E-state index in [9.17, 15) is 13.2 Å². The molecule has 0 bridgehead atoms. The molecule has 1 saturated heterocycles. The van der Waals surface area contributed by atoms with E-state index in [2.05, 4.69) is 25.6 Å². The van der Waals surface area contributed by atoms with Crippen LogP contribution in [0.25, 0.3) is 10.9 Å². The van der Waals surface area contributed by atoms with Crippen LogP contribution in [0.3, 0.4) is 0 Å². The highest BCUT2D eigenvalue weighted by atomic mass is 31.1. The fourth-order valence-electron chi connectivity index (χ4n) is 3.42. The van der Waals surface area contributed by atoms with Crippen LogP contribution in [0.4, 0.5) is 19.0 Å². The zero-order chi connectivity index (χ0) is 20.4. The second kappa shape index (κ2) is 8.59. The molecule has 0 aliphatic carbocycles. The molecule has 152 valence electrons. The number of benzene rings is 1. The van der Waals surface area contributed by atoms with Crippen LogP contribution in [0.15, 0.2) is 30.5 Å². The van der Waals surface area contributed by atoms with Crippen molar-refractivity contribution in [3.8, 4) is 0 Å². The minimum absolute atomic E-state index is 0.0499. The third-order valence-electron chi connectivity index (χ3n) is 4.91. The number of fused-ring (bicyclic) bond motifs is 1. The van der Waals surface area contributed by atoms with E-state index in [-0.39, 0.29) is 20.0 Å². The number of nitrogens with zero attached hydrogens (tertiary/aromatic N) is 3. The number of aryl methyl sites for hydroxylation is 1. The molecular weight excluding hydrogens is 398 g/mol. The molecule has 1 aliphatic heterocycles. The van der Waals surface area contributed by atoms with Crippen LogP contribution in [0, 0.1) is 12.7 Å². The molecule has 3 aromatic rings. The molecule has 2 N–H and O–H groups in total. The van der Waals surface area contributed by atoms with E-state index in [0.717, 1.165) is 42.3 Å². The lowest BCUT2D eigenvalue weighted by atomic mass is 10.1. The van der Waals surface area contributed by atoms with Crippen LogP contribution in [0.2, 0.25) is 0 Å². The number of aromatic nitrogens is 3. The number of rotatable bonds is 5. The summed E-state index contributed by atoms with van der Waals surface area (Å²) in [5.74, 6) is 0.234. The molecule has 3 heterocycles. The summed E-state index contributed by atoms with van der Waals surface area (Å²) < 4.78 is 40.3. The van der Waals surface area contributed by atoms with Crippen LogP contribution < -0.4 is 16.1 Å². The highest BCUT2D eigenvalue weighted by Gasteiger charge is 2.19. The fraction of sp³-hybridized carbons (Fsp3) is 0.350. The summed E-state index contributed by atoms with van der Waals surface area (Å²) in [6, 6.07) is 6.05. The maximum atomic E-state index is 14.4. The highest BCUT2D eigenvalue weighted by molar-refractivity contribution is 7.65. The molecule has 1 fully saturated rings. The molecule has 0 atom stereocenters. The summed E-state index contributed by atoms with van der Waals surface area (Å²) >= 11 is 0. The van der Waals surface area contributed by atoms with Crippen molar-refractivity contribution in [2.75, 3.05) is 30.7 Å². The molecule has 2 aromatic heterocycles. The molecule has 9 heteroatoms. The Balaban J connectivity index is 1.65. The Hall–Kier alpha value is -2.31. The van der Waals surface area contributed by atoms with Gasteiger partial charge in [-0.3, -0.25) is 4.98 Å². The second-order valence-electron chi connectivity index (χ2n) is 6.89. The van der Waals surface area contributed by atoms with Crippen molar-refractivity contribution in [3.05, 3.63) is 53.2 Å². The maximum absolute atomic E-state index is 14.4. The average Bonchev–Trinajstić information content (AvgIpc) is 2.73. The number of hydrogen-bond acceptors (Lipinski definition) is 5. The standard InChI is InChI=1S/C20H21F3N5P/c1-12-27-16-11-25-17(29-7-5-24-6-8-29)9-15(16)20(28-12)26-10-13-3-2-4-14(18(13)21)19(22)23/h2-4,9,11,19,24H,5-8,10H2,1H3,(H,26,27,28). The van der Waals surface area contributed by atoms with E-state index in [1.54, 1.807) is 13.1 Å². The fourth-order valence-corrected chi connectivity index (χ4v) is 5.49. The van der Waals surface area contributed by atoms with Crippen molar-refractivity contribution in [1.82, 2.24) is 20.3 Å². The van der Waals surface area contributed by atoms with Crippen LogP contribution in [0.5, 0.6) is 0 Å². The van der Waals surface area contributed by atoms with Crippen LogP contribution in [-0.4, -0.2) is 40.4 Å². The Morgan fingerprint density at radius 2 is 2.00 bits per heavy atom. The first-order valence-electron chi connectivity index (χ1n) is 9.42. The van der Waals surface area contributed by atoms with Crippen molar-refractivity contribution >= 4 is 30.1 Å². The van der Waals surface area contributed by atoms with Crippen molar-refractivity contribution < 1.29 is 13.2 Å². The number of anilines is 1. The summed E-state index contributed by atoms with van der Waals surface area (Å²) in [5.41, 5.74) is 1.34. The van der Waals surface area contributed by atoms with Gasteiger partial charge in [-0.2, -0.15) is 0 Å². The normalized spacial score (nSPS) is 15.2. The monoisotopic (exact) mass is 419 g/mol. The lowest BCUT2D eigenvalue weighted by molar-refractivity contribution is 0.146. The molecule has 5 nitrogen and oxygen atoms in total. The molecule has 0 radical (unpaired) electrons. The summed E-state index contributed by atoms with van der Waals surface area (Å²) in [6.07, 6.45) is 1.06. The molecule has 0 spiro atoms. The summed E-state index contributed by atoms with van der Waals surface area (Å²) in [4.78, 5) is 13.5. The first kappa shape index (κ1) is 20.0. The third-order valence-corrected chi connectivity index (χ3v) is 7.33. The summed E-state index contributed by atoms with van der Waals surface area (Å²) in [5, 5.41) is 7.28. The first-order chi connectivity index (χ1) is 14.0. The Bertz CT molecular complexity index is 1020. The van der Waals surface area contributed by atoms with Gasteiger partial charge in [-0.25, -0.2) is 23.1 Å². The number of hydrogen-bond donors (Lipinski definition) is 2. The molecule has 1 aromatic carbocycles. The van der Waals surface area contributed by atoms with E-state index in [0.29, 0.717) is 17.2 Å². The zero-order valence-corrected chi connectivity index (χ0v) is 16.8. The van der Waals surface area contributed by atoms with Gasteiger partial charge in [-0.15, -0.1) is 0 Å². The Morgan fingerprint density at radius 1 is 1.21 bits per heavy atom. The van der Waals surface area contributed by atoms with Gasteiger partial charge in [0.15, 0.2) is 0 Å². The molecule has 0 amide bonds. The van der Waals surface area contributed by atoms with Gasteiger partial charge in [-0.05, 0) is 38.4 Å². The van der Waals surface area contributed by atoms with E-state index in [1.807, 2.05) is 6.07 Å². The van der Waals surface area contributed by atoms with Gasteiger partial charge in [-0.1, -0.05) is 26.1 Å². The number of pyridine rings is 1. The summed E-state index contributed by atoms with van der Waals surface area (Å²) in [6.45, 7) is 3.79. The molecule has 0 unspecified atom stereocenters. The molecule has 29 heavy (non-hydrogen) atoms. The first-order valence-corrected chi connectivity index (χ1v) is 11.1. The minimum atomic E-state index is -2.85. The number of nitrogens with one attached hydrogen (secondary N) is 2. The Morgan fingerprint density at radius 3 is 2.76 bits per heavy atom. The molecule has 0 saturated carbocycles. The van der Waals surface area contributed by atoms with Gasteiger partial charge in [0.1, 0.15) is 17.5 Å². The topological polar surface area (TPSA) is 62.7 Å². The van der Waals surface area contributed by atoms with Crippen LogP contribution >= 0.6 is 7.92 Å². The van der Waals surface area contributed by atoms with Gasteiger partial charge in [0, 0.05) is 17.5 Å². The van der Waals surface area contributed by atoms with Gasteiger partial charge in [0.05, 0.1) is 22.7 Å². The van der Waals surface area contributed by atoms with Crippen LogP contribution in [0.1, 0.15) is 23.4 Å². The van der Waals surface area contributed by atoms with E-state index >= 15 is 0 Å². The van der Waals surface area contributed by atoms with Gasteiger partial charge >= 0.3 is 0 Å². The lowest BCUT2D eigenvalue weighted by Gasteiger charge is -2.23. The Labute approximate surface area is 167 Å². The minimum Gasteiger partial charge on any atom is -0.365 e. The number of alkyl halides is 2. The predicted octanol–water partition coefficient (Wildman–Crippen LogP) is 3.73. The van der Waals surface area contributed by atoms with Gasteiger partial charge in [0.2, 0.25) is 0 Å². The SMILES string of the molecule is Cc1nc(NCc2cccc(C(F)F)c2F)c2cc(P3CCNCC3)ncc2n1. The molecule has 1 aliphatic rings. The average molecular weight is 419 g/mol. The molecular formula is C20H21F3N5P. The van der Waals surface area contributed by atoms with Gasteiger partial charge < -0.3 is 10.6 Å². The predicted molar refractivity (Wildman–Crippen MR) is 110 cm³/mol. The van der Waals surface area contributed by atoms with E-state index in [1.165, 1.54) is 12.1 Å². The van der Waals surface area contributed by atoms with Crippen molar-refractivity contribution in [3.63, 3.8) is 0 Å². The van der Waals surface area contributed by atoms with Crippen molar-refractivity contribution in [1.29, 1.82) is 0 Å². The largest absolute Gasteiger partial charge is 0.365 e. The molecule has 4 rings (SSSR count). The van der Waals surface area contributed by atoms with Gasteiger partial charge in [0.25, 0.3) is 6.43 Å². The maximum Gasteiger partial charge on any atom is 0.266 e. The third kappa shape index (κ3) is 4.33. The van der Waals surface area contributed by atoms with Crippen molar-refractivity contribution in [2.24, 2.45) is 0 Å².